The molecule has 0 aliphatic carbocycles. The second-order valence-electron chi connectivity index (χ2n) is 4.14. The summed E-state index contributed by atoms with van der Waals surface area (Å²) in [6, 6.07) is 8.35. The van der Waals surface area contributed by atoms with Gasteiger partial charge in [0.15, 0.2) is 0 Å². The van der Waals surface area contributed by atoms with E-state index in [0.717, 1.165) is 6.07 Å². The molecular formula is C13H12BrFN2O3S. The molecule has 0 aromatic heterocycles. The van der Waals surface area contributed by atoms with Crippen molar-refractivity contribution in [1.29, 1.82) is 0 Å². The van der Waals surface area contributed by atoms with Crippen molar-refractivity contribution in [3.8, 4) is 5.75 Å². The van der Waals surface area contributed by atoms with Gasteiger partial charge in [-0.15, -0.1) is 0 Å². The zero-order valence-corrected chi connectivity index (χ0v) is 13.3. The molecule has 3 N–H and O–H groups in total. The van der Waals surface area contributed by atoms with Crippen molar-refractivity contribution in [2.24, 2.45) is 0 Å². The van der Waals surface area contributed by atoms with Crippen molar-refractivity contribution in [2.75, 3.05) is 17.6 Å². The molecule has 0 bridgehead atoms. The number of nitrogens with one attached hydrogen (secondary N) is 1. The highest BCUT2D eigenvalue weighted by Gasteiger charge is 2.22. The highest BCUT2D eigenvalue weighted by atomic mass is 79.9. The maximum absolute atomic E-state index is 13.7. The Morgan fingerprint density at radius 3 is 2.62 bits per heavy atom. The van der Waals surface area contributed by atoms with E-state index in [0.29, 0.717) is 10.2 Å². The zero-order chi connectivity index (χ0) is 15.6. The Morgan fingerprint density at radius 1 is 1.29 bits per heavy atom. The van der Waals surface area contributed by atoms with Gasteiger partial charge in [-0.25, -0.2) is 12.8 Å². The molecule has 0 radical (unpaired) electrons. The molecule has 0 heterocycles. The standard InChI is InChI=1S/C13H12BrFN2O3S/c1-20-10-6-8(14)5-9(7-10)17-21(18,19)13-11(15)3-2-4-12(13)16/h2-7,17H,16H2,1H3. The first-order valence-corrected chi connectivity index (χ1v) is 8.02. The fourth-order valence-electron chi connectivity index (χ4n) is 1.75. The lowest BCUT2D eigenvalue weighted by atomic mass is 10.3. The summed E-state index contributed by atoms with van der Waals surface area (Å²) in [4.78, 5) is -0.580. The number of rotatable bonds is 4. The summed E-state index contributed by atoms with van der Waals surface area (Å²) in [5.74, 6) is -0.465. The third-order valence-electron chi connectivity index (χ3n) is 2.63. The average Bonchev–Trinajstić information content (AvgIpc) is 2.36. The van der Waals surface area contributed by atoms with Gasteiger partial charge in [-0.1, -0.05) is 22.0 Å². The molecule has 0 unspecified atom stereocenters. The Labute approximate surface area is 130 Å². The molecule has 2 aromatic rings. The van der Waals surface area contributed by atoms with Gasteiger partial charge in [0, 0.05) is 10.5 Å². The number of hydrogen-bond acceptors (Lipinski definition) is 4. The molecule has 2 rings (SSSR count). The number of ether oxygens (including phenoxy) is 1. The van der Waals surface area contributed by atoms with Crippen molar-refractivity contribution in [2.45, 2.75) is 4.90 Å². The van der Waals surface area contributed by atoms with Crippen LogP contribution in [0.5, 0.6) is 5.75 Å². The monoisotopic (exact) mass is 374 g/mol. The normalized spacial score (nSPS) is 11.2. The van der Waals surface area contributed by atoms with Crippen LogP contribution in [-0.4, -0.2) is 15.5 Å². The van der Waals surface area contributed by atoms with E-state index in [4.69, 9.17) is 10.5 Å². The smallest absolute Gasteiger partial charge is 0.266 e. The van der Waals surface area contributed by atoms with Crippen LogP contribution in [-0.2, 0) is 10.0 Å². The van der Waals surface area contributed by atoms with E-state index in [1.807, 2.05) is 0 Å². The van der Waals surface area contributed by atoms with Gasteiger partial charge in [-0.3, -0.25) is 4.72 Å². The van der Waals surface area contributed by atoms with E-state index in [1.165, 1.54) is 31.4 Å². The second-order valence-corrected chi connectivity index (χ2v) is 6.68. The largest absolute Gasteiger partial charge is 0.497 e. The van der Waals surface area contributed by atoms with Crippen LogP contribution in [0.2, 0.25) is 0 Å². The molecule has 0 saturated heterocycles. The molecular weight excluding hydrogens is 363 g/mol. The van der Waals surface area contributed by atoms with Crippen LogP contribution in [0.25, 0.3) is 0 Å². The topological polar surface area (TPSA) is 81.4 Å². The fraction of sp³-hybridized carbons (Fsp3) is 0.0769. The van der Waals surface area contributed by atoms with Crippen LogP contribution < -0.4 is 15.2 Å². The van der Waals surface area contributed by atoms with E-state index in [2.05, 4.69) is 20.7 Å². The lowest BCUT2D eigenvalue weighted by Gasteiger charge is -2.12. The summed E-state index contributed by atoms with van der Waals surface area (Å²) in [6.07, 6.45) is 0. The number of benzene rings is 2. The van der Waals surface area contributed by atoms with Crippen LogP contribution in [0.1, 0.15) is 0 Å². The molecule has 0 aliphatic heterocycles. The van der Waals surface area contributed by atoms with E-state index in [-0.39, 0.29) is 11.4 Å². The molecule has 2 aromatic carbocycles. The Morgan fingerprint density at radius 2 is 2.00 bits per heavy atom. The highest BCUT2D eigenvalue weighted by Crippen LogP contribution is 2.28. The molecule has 0 amide bonds. The Bertz CT molecular complexity index is 761. The van der Waals surface area contributed by atoms with Crippen LogP contribution >= 0.6 is 15.9 Å². The van der Waals surface area contributed by atoms with Crippen molar-refractivity contribution >= 4 is 37.3 Å². The number of halogens is 2. The zero-order valence-electron chi connectivity index (χ0n) is 10.9. The first kappa shape index (κ1) is 15.6. The van der Waals surface area contributed by atoms with Gasteiger partial charge >= 0.3 is 0 Å². The molecule has 0 fully saturated rings. The van der Waals surface area contributed by atoms with E-state index in [1.54, 1.807) is 6.07 Å². The van der Waals surface area contributed by atoms with Gasteiger partial charge in [-0.05, 0) is 24.3 Å². The molecule has 0 atom stereocenters. The van der Waals surface area contributed by atoms with Gasteiger partial charge in [0.2, 0.25) is 0 Å². The maximum atomic E-state index is 13.7. The van der Waals surface area contributed by atoms with E-state index in [9.17, 15) is 12.8 Å². The summed E-state index contributed by atoms with van der Waals surface area (Å²) in [7, 11) is -2.69. The quantitative estimate of drug-likeness (QED) is 0.806. The molecule has 0 aliphatic rings. The summed E-state index contributed by atoms with van der Waals surface area (Å²) in [5.41, 5.74) is 5.62. The Balaban J connectivity index is 2.45. The van der Waals surface area contributed by atoms with Gasteiger partial charge in [0.05, 0.1) is 18.5 Å². The number of nitrogen functional groups attached to an aromatic ring is 1. The first-order chi connectivity index (χ1) is 9.83. The minimum absolute atomic E-state index is 0.163. The molecule has 0 saturated carbocycles. The third-order valence-corrected chi connectivity index (χ3v) is 4.56. The minimum atomic E-state index is -4.14. The molecule has 112 valence electrons. The second kappa shape index (κ2) is 5.90. The number of anilines is 2. The van der Waals surface area contributed by atoms with Crippen molar-refractivity contribution in [3.05, 3.63) is 46.7 Å². The summed E-state index contributed by atoms with van der Waals surface area (Å²) >= 11 is 3.23. The van der Waals surface area contributed by atoms with E-state index < -0.39 is 20.7 Å². The Hall–Kier alpha value is -1.80. The van der Waals surface area contributed by atoms with Crippen LogP contribution in [0.15, 0.2) is 45.8 Å². The molecule has 5 nitrogen and oxygen atoms in total. The van der Waals surface area contributed by atoms with Crippen molar-refractivity contribution < 1.29 is 17.5 Å². The number of nitrogens with two attached hydrogens (primary N) is 1. The predicted octanol–water partition coefficient (Wildman–Crippen LogP) is 2.98. The first-order valence-electron chi connectivity index (χ1n) is 5.75. The maximum Gasteiger partial charge on any atom is 0.266 e. The summed E-state index contributed by atoms with van der Waals surface area (Å²) in [6.45, 7) is 0. The Kier molecular flexibility index (Phi) is 4.38. The van der Waals surface area contributed by atoms with Crippen molar-refractivity contribution in [1.82, 2.24) is 0 Å². The van der Waals surface area contributed by atoms with Gasteiger partial charge in [-0.2, -0.15) is 0 Å². The molecule has 0 spiro atoms. The van der Waals surface area contributed by atoms with Crippen LogP contribution in [0, 0.1) is 5.82 Å². The lowest BCUT2D eigenvalue weighted by Crippen LogP contribution is -2.16. The van der Waals surface area contributed by atoms with Crippen LogP contribution in [0.4, 0.5) is 15.8 Å². The lowest BCUT2D eigenvalue weighted by molar-refractivity contribution is 0.415. The summed E-state index contributed by atoms with van der Waals surface area (Å²) < 4.78 is 46.2. The van der Waals surface area contributed by atoms with Gasteiger partial charge < -0.3 is 10.5 Å². The third kappa shape index (κ3) is 3.45. The number of hydrogen-bond donors (Lipinski definition) is 2. The molecule has 8 heteroatoms. The van der Waals surface area contributed by atoms with Gasteiger partial charge in [0.1, 0.15) is 16.5 Å². The van der Waals surface area contributed by atoms with Crippen LogP contribution in [0.3, 0.4) is 0 Å². The summed E-state index contributed by atoms with van der Waals surface area (Å²) in [5, 5.41) is 0. The minimum Gasteiger partial charge on any atom is -0.497 e. The highest BCUT2D eigenvalue weighted by molar-refractivity contribution is 9.10. The fourth-order valence-corrected chi connectivity index (χ4v) is 3.46. The average molecular weight is 375 g/mol. The predicted molar refractivity (Wildman–Crippen MR) is 82.3 cm³/mol. The van der Waals surface area contributed by atoms with Gasteiger partial charge in [0.25, 0.3) is 10.0 Å². The SMILES string of the molecule is COc1cc(Br)cc(NS(=O)(=O)c2c(N)cccc2F)c1. The molecule has 21 heavy (non-hydrogen) atoms. The van der Waals surface area contributed by atoms with Crippen molar-refractivity contribution in [3.63, 3.8) is 0 Å². The van der Waals surface area contributed by atoms with E-state index >= 15 is 0 Å². The number of sulfonamides is 1. The number of methoxy groups -OCH3 is 1.